The quantitative estimate of drug-likeness (QED) is 0.723. The van der Waals surface area contributed by atoms with E-state index < -0.39 is 0 Å². The topological polar surface area (TPSA) is 38.5 Å². The van der Waals surface area contributed by atoms with Gasteiger partial charge in [-0.25, -0.2) is 0 Å². The predicted octanol–water partition coefficient (Wildman–Crippen LogP) is 1.86. The van der Waals surface area contributed by atoms with Crippen molar-refractivity contribution in [3.63, 3.8) is 0 Å². The lowest BCUT2D eigenvalue weighted by atomic mass is 9.82. The van der Waals surface area contributed by atoms with Crippen molar-refractivity contribution in [3.05, 3.63) is 0 Å². The molecule has 1 heterocycles. The van der Waals surface area contributed by atoms with E-state index in [0.717, 1.165) is 26.3 Å². The lowest BCUT2D eigenvalue weighted by molar-refractivity contribution is -0.0218. The minimum absolute atomic E-state index is 0.225. The Bertz CT molecular complexity index is 173. The van der Waals surface area contributed by atoms with Gasteiger partial charge in [0.25, 0.3) is 0 Å². The molecule has 0 aromatic rings. The van der Waals surface area contributed by atoms with Crippen LogP contribution in [-0.2, 0) is 4.74 Å². The molecule has 0 spiro atoms. The molecule has 1 unspecified atom stereocenters. The molecular weight excluding hydrogens is 200 g/mol. The molecule has 1 rings (SSSR count). The van der Waals surface area contributed by atoms with E-state index in [9.17, 15) is 0 Å². The molecule has 1 aliphatic heterocycles. The summed E-state index contributed by atoms with van der Waals surface area (Å²) in [7, 11) is 0. The number of ether oxygens (including phenoxy) is 1. The van der Waals surface area contributed by atoms with Crippen LogP contribution in [0, 0.1) is 5.41 Å². The van der Waals surface area contributed by atoms with Gasteiger partial charge in [0.2, 0.25) is 0 Å². The van der Waals surface area contributed by atoms with E-state index in [4.69, 9.17) is 10.5 Å². The second-order valence-electron chi connectivity index (χ2n) is 5.14. The van der Waals surface area contributed by atoms with Gasteiger partial charge < -0.3 is 15.4 Å². The van der Waals surface area contributed by atoms with Gasteiger partial charge in [-0.1, -0.05) is 13.8 Å². The Kier molecular flexibility index (Phi) is 6.32. The molecule has 0 aromatic carbocycles. The Morgan fingerprint density at radius 3 is 2.38 bits per heavy atom. The van der Waals surface area contributed by atoms with Crippen LogP contribution >= 0.6 is 0 Å². The van der Waals surface area contributed by atoms with Crippen LogP contribution in [0.5, 0.6) is 0 Å². The molecule has 3 nitrogen and oxygen atoms in total. The first kappa shape index (κ1) is 13.9. The summed E-state index contributed by atoms with van der Waals surface area (Å²) in [5.41, 5.74) is 6.20. The molecule has 1 saturated heterocycles. The Morgan fingerprint density at radius 1 is 1.25 bits per heavy atom. The number of hydrogen-bond donors (Lipinski definition) is 1. The number of nitrogens with zero attached hydrogens (tertiary/aromatic N) is 1. The fourth-order valence-corrected chi connectivity index (χ4v) is 2.64. The highest BCUT2D eigenvalue weighted by atomic mass is 16.5. The maximum absolute atomic E-state index is 5.97. The first-order valence-electron chi connectivity index (χ1n) is 6.76. The summed E-state index contributed by atoms with van der Waals surface area (Å²) in [6.45, 7) is 10.5. The third-order valence-corrected chi connectivity index (χ3v) is 3.48. The summed E-state index contributed by atoms with van der Waals surface area (Å²) in [5.74, 6) is 0. The van der Waals surface area contributed by atoms with Gasteiger partial charge in [0.15, 0.2) is 0 Å². The minimum atomic E-state index is 0.225. The fourth-order valence-electron chi connectivity index (χ4n) is 2.64. The molecule has 16 heavy (non-hydrogen) atoms. The Hall–Kier alpha value is -0.120. The van der Waals surface area contributed by atoms with Crippen LogP contribution in [0.1, 0.15) is 39.5 Å². The number of hydrogen-bond acceptors (Lipinski definition) is 3. The van der Waals surface area contributed by atoms with Crippen molar-refractivity contribution in [2.75, 3.05) is 39.4 Å². The van der Waals surface area contributed by atoms with E-state index in [0.29, 0.717) is 0 Å². The van der Waals surface area contributed by atoms with Crippen LogP contribution in [0.25, 0.3) is 0 Å². The van der Waals surface area contributed by atoms with Crippen LogP contribution in [-0.4, -0.2) is 44.3 Å². The zero-order valence-corrected chi connectivity index (χ0v) is 11.0. The highest BCUT2D eigenvalue weighted by Gasteiger charge is 2.33. The molecule has 0 aromatic heterocycles. The van der Waals surface area contributed by atoms with E-state index in [2.05, 4.69) is 18.7 Å². The molecule has 1 atom stereocenters. The predicted molar refractivity (Wildman–Crippen MR) is 68.6 cm³/mol. The van der Waals surface area contributed by atoms with E-state index in [-0.39, 0.29) is 5.41 Å². The molecule has 0 saturated carbocycles. The molecule has 2 N–H and O–H groups in total. The van der Waals surface area contributed by atoms with Gasteiger partial charge in [0.05, 0.1) is 6.61 Å². The van der Waals surface area contributed by atoms with Crippen molar-refractivity contribution in [3.8, 4) is 0 Å². The molecule has 1 fully saturated rings. The van der Waals surface area contributed by atoms with Crippen molar-refractivity contribution >= 4 is 0 Å². The third kappa shape index (κ3) is 4.04. The van der Waals surface area contributed by atoms with Gasteiger partial charge in [-0.15, -0.1) is 0 Å². The van der Waals surface area contributed by atoms with Crippen molar-refractivity contribution < 1.29 is 4.74 Å². The van der Waals surface area contributed by atoms with Crippen LogP contribution in [0.3, 0.4) is 0 Å². The molecule has 0 amide bonds. The Labute approximate surface area is 100 Å². The largest absolute Gasteiger partial charge is 0.381 e. The molecule has 96 valence electrons. The summed E-state index contributed by atoms with van der Waals surface area (Å²) < 4.78 is 5.63. The fraction of sp³-hybridized carbons (Fsp3) is 1.00. The summed E-state index contributed by atoms with van der Waals surface area (Å²) >= 11 is 0. The second-order valence-corrected chi connectivity index (χ2v) is 5.14. The van der Waals surface area contributed by atoms with Crippen LogP contribution in [0.4, 0.5) is 0 Å². The minimum Gasteiger partial charge on any atom is -0.381 e. The molecule has 1 aliphatic rings. The summed E-state index contributed by atoms with van der Waals surface area (Å²) in [4.78, 5) is 2.56. The van der Waals surface area contributed by atoms with Gasteiger partial charge >= 0.3 is 0 Å². The first-order chi connectivity index (χ1) is 7.76. The average Bonchev–Trinajstić information content (AvgIpc) is 2.31. The smallest absolute Gasteiger partial charge is 0.0546 e. The van der Waals surface area contributed by atoms with Gasteiger partial charge in [-0.3, -0.25) is 0 Å². The van der Waals surface area contributed by atoms with Crippen molar-refractivity contribution in [2.24, 2.45) is 11.1 Å². The lowest BCUT2D eigenvalue weighted by Gasteiger charge is -2.40. The molecule has 3 heteroatoms. The van der Waals surface area contributed by atoms with Crippen LogP contribution in [0.15, 0.2) is 0 Å². The van der Waals surface area contributed by atoms with Crippen molar-refractivity contribution in [1.29, 1.82) is 0 Å². The molecule has 0 radical (unpaired) electrons. The summed E-state index contributed by atoms with van der Waals surface area (Å²) in [6.07, 6.45) is 4.85. The first-order valence-corrected chi connectivity index (χ1v) is 6.76. The van der Waals surface area contributed by atoms with Gasteiger partial charge in [-0.2, -0.15) is 0 Å². The molecule has 0 aliphatic carbocycles. The zero-order chi connectivity index (χ0) is 11.9. The maximum atomic E-state index is 5.97. The van der Waals surface area contributed by atoms with E-state index in [1.807, 2.05) is 0 Å². The summed E-state index contributed by atoms with van der Waals surface area (Å²) in [6, 6.07) is 0. The zero-order valence-electron chi connectivity index (χ0n) is 11.0. The van der Waals surface area contributed by atoms with Crippen LogP contribution in [0.2, 0.25) is 0 Å². The highest BCUT2D eigenvalue weighted by molar-refractivity contribution is 4.86. The molecule has 0 bridgehead atoms. The standard InChI is InChI=1S/C13H28N2O/c1-3-7-15(8-4-2)11-13(10-14)6-5-9-16-12-13/h3-12,14H2,1-2H3. The monoisotopic (exact) mass is 228 g/mol. The number of rotatable bonds is 7. The summed E-state index contributed by atoms with van der Waals surface area (Å²) in [5, 5.41) is 0. The van der Waals surface area contributed by atoms with Gasteiger partial charge in [0.1, 0.15) is 0 Å². The third-order valence-electron chi connectivity index (χ3n) is 3.48. The SMILES string of the molecule is CCCN(CCC)CC1(CN)CCCOC1. The van der Waals surface area contributed by atoms with Gasteiger partial charge in [-0.05, 0) is 38.8 Å². The molecular formula is C13H28N2O. The Balaban J connectivity index is 2.50. The lowest BCUT2D eigenvalue weighted by Crippen LogP contribution is -2.48. The number of nitrogens with two attached hydrogens (primary N) is 1. The van der Waals surface area contributed by atoms with Crippen LogP contribution < -0.4 is 5.73 Å². The maximum Gasteiger partial charge on any atom is 0.0546 e. The van der Waals surface area contributed by atoms with Gasteiger partial charge in [0, 0.05) is 25.1 Å². The van der Waals surface area contributed by atoms with Crippen molar-refractivity contribution in [1.82, 2.24) is 4.90 Å². The highest BCUT2D eigenvalue weighted by Crippen LogP contribution is 2.28. The average molecular weight is 228 g/mol. The second kappa shape index (κ2) is 7.25. The van der Waals surface area contributed by atoms with Crippen molar-refractivity contribution in [2.45, 2.75) is 39.5 Å². The van der Waals surface area contributed by atoms with E-state index >= 15 is 0 Å². The normalized spacial score (nSPS) is 26.2. The Morgan fingerprint density at radius 2 is 1.94 bits per heavy atom. The van der Waals surface area contributed by atoms with E-state index in [1.165, 1.54) is 38.8 Å². The van der Waals surface area contributed by atoms with E-state index in [1.54, 1.807) is 0 Å².